The van der Waals surface area contributed by atoms with Gasteiger partial charge < -0.3 is 19.2 Å². The minimum absolute atomic E-state index is 0.0599. The largest absolute Gasteiger partial charge is 0.461 e. The Morgan fingerprint density at radius 2 is 2.23 bits per heavy atom. The number of carbonyl (C=O) groups is 1. The predicted octanol–water partition coefficient (Wildman–Crippen LogP) is 2.54. The monoisotopic (exact) mass is 303 g/mol. The van der Waals surface area contributed by atoms with Crippen molar-refractivity contribution in [3.8, 4) is 11.5 Å². The topological polar surface area (TPSA) is 71.5 Å². The molecule has 0 radical (unpaired) electrons. The van der Waals surface area contributed by atoms with Gasteiger partial charge in [-0.25, -0.2) is 0 Å². The Kier molecular flexibility index (Phi) is 4.58. The zero-order chi connectivity index (χ0) is 15.4. The second-order valence-electron chi connectivity index (χ2n) is 5.53. The van der Waals surface area contributed by atoms with Gasteiger partial charge in [-0.2, -0.15) is 0 Å². The highest BCUT2D eigenvalue weighted by atomic mass is 16.5. The molecular weight excluding hydrogens is 282 g/mol. The fourth-order valence-electron chi connectivity index (χ4n) is 2.87. The summed E-state index contributed by atoms with van der Waals surface area (Å²) in [6.45, 7) is 4.73. The van der Waals surface area contributed by atoms with Crippen LogP contribution in [0.5, 0.6) is 0 Å². The van der Waals surface area contributed by atoms with E-state index in [0.717, 1.165) is 38.9 Å². The fourth-order valence-corrected chi connectivity index (χ4v) is 2.87. The van der Waals surface area contributed by atoms with Crippen LogP contribution in [0.4, 0.5) is 0 Å². The molecule has 0 spiro atoms. The Morgan fingerprint density at radius 1 is 1.41 bits per heavy atom. The van der Waals surface area contributed by atoms with Crippen molar-refractivity contribution < 1.29 is 13.7 Å². The highest BCUT2D eigenvalue weighted by Gasteiger charge is 2.27. The van der Waals surface area contributed by atoms with Gasteiger partial charge in [0.25, 0.3) is 5.91 Å². The zero-order valence-corrected chi connectivity index (χ0v) is 12.7. The first kappa shape index (κ1) is 14.8. The second-order valence-corrected chi connectivity index (χ2v) is 5.53. The van der Waals surface area contributed by atoms with Crippen molar-refractivity contribution in [1.82, 2.24) is 15.4 Å². The number of hydrogen-bond acceptors (Lipinski definition) is 5. The molecule has 3 heterocycles. The van der Waals surface area contributed by atoms with Crippen LogP contribution in [0, 0.1) is 0 Å². The molecule has 0 aliphatic carbocycles. The van der Waals surface area contributed by atoms with Gasteiger partial charge in [-0.1, -0.05) is 12.1 Å². The molecule has 3 rings (SSSR count). The molecule has 2 aromatic heterocycles. The summed E-state index contributed by atoms with van der Waals surface area (Å²) in [5.41, 5.74) is 0.346. The number of nitrogens with one attached hydrogen (secondary N) is 1. The lowest BCUT2D eigenvalue weighted by Crippen LogP contribution is -2.46. The zero-order valence-electron chi connectivity index (χ0n) is 12.7. The van der Waals surface area contributed by atoms with Gasteiger partial charge >= 0.3 is 0 Å². The van der Waals surface area contributed by atoms with Crippen LogP contribution in [-0.2, 0) is 0 Å². The Bertz CT molecular complexity index is 600. The van der Waals surface area contributed by atoms with E-state index < -0.39 is 0 Å². The van der Waals surface area contributed by atoms with E-state index in [0.29, 0.717) is 17.2 Å². The predicted molar refractivity (Wildman–Crippen MR) is 81.4 cm³/mol. The summed E-state index contributed by atoms with van der Waals surface area (Å²) < 4.78 is 10.5. The maximum absolute atomic E-state index is 12.8. The Labute approximate surface area is 129 Å². The van der Waals surface area contributed by atoms with Crippen molar-refractivity contribution in [2.75, 3.05) is 19.6 Å². The smallest absolute Gasteiger partial charge is 0.276 e. The summed E-state index contributed by atoms with van der Waals surface area (Å²) >= 11 is 0. The van der Waals surface area contributed by atoms with Gasteiger partial charge in [0.05, 0.1) is 6.26 Å². The highest BCUT2D eigenvalue weighted by molar-refractivity contribution is 5.93. The van der Waals surface area contributed by atoms with Crippen LogP contribution in [0.15, 0.2) is 33.4 Å². The average Bonchev–Trinajstić information content (AvgIpc) is 3.23. The lowest BCUT2D eigenvalue weighted by atomic mass is 10.0. The summed E-state index contributed by atoms with van der Waals surface area (Å²) in [4.78, 5) is 14.7. The lowest BCUT2D eigenvalue weighted by Gasteiger charge is -2.34. The van der Waals surface area contributed by atoms with Crippen LogP contribution >= 0.6 is 0 Å². The highest BCUT2D eigenvalue weighted by Crippen LogP contribution is 2.22. The van der Waals surface area contributed by atoms with Crippen molar-refractivity contribution in [1.29, 1.82) is 0 Å². The van der Waals surface area contributed by atoms with Gasteiger partial charge in [-0.05, 0) is 44.5 Å². The number of furan rings is 1. The van der Waals surface area contributed by atoms with Crippen molar-refractivity contribution in [2.24, 2.45) is 0 Å². The minimum Gasteiger partial charge on any atom is -0.461 e. The molecule has 6 heteroatoms. The Hall–Kier alpha value is -2.08. The number of hydrogen-bond donors (Lipinski definition) is 1. The quantitative estimate of drug-likeness (QED) is 0.919. The van der Waals surface area contributed by atoms with E-state index in [9.17, 15) is 4.79 Å². The van der Waals surface area contributed by atoms with Crippen LogP contribution in [0.25, 0.3) is 11.5 Å². The van der Waals surface area contributed by atoms with Gasteiger partial charge in [0.15, 0.2) is 11.5 Å². The van der Waals surface area contributed by atoms with Crippen molar-refractivity contribution >= 4 is 5.91 Å². The molecule has 1 fully saturated rings. The molecule has 0 aromatic carbocycles. The van der Waals surface area contributed by atoms with Crippen molar-refractivity contribution in [3.63, 3.8) is 0 Å². The van der Waals surface area contributed by atoms with Crippen LogP contribution in [0.3, 0.4) is 0 Å². The first-order valence-electron chi connectivity index (χ1n) is 7.82. The maximum Gasteiger partial charge on any atom is 0.276 e. The fraction of sp³-hybridized carbons (Fsp3) is 0.500. The third-order valence-electron chi connectivity index (χ3n) is 3.97. The molecule has 118 valence electrons. The molecule has 0 saturated carbocycles. The maximum atomic E-state index is 12.8. The number of carbonyl (C=O) groups excluding carboxylic acids is 1. The molecule has 0 bridgehead atoms. The van der Waals surface area contributed by atoms with E-state index in [1.54, 1.807) is 24.5 Å². The number of piperidine rings is 1. The molecule has 22 heavy (non-hydrogen) atoms. The van der Waals surface area contributed by atoms with Crippen molar-refractivity contribution in [3.05, 3.63) is 30.2 Å². The second kappa shape index (κ2) is 6.79. The standard InChI is InChI=1S/C16H21N3O3/c1-2-9-19(12-5-7-17-8-6-12)16(20)13-11-15(22-18-13)14-4-3-10-21-14/h3-4,10-12,17H,2,5-9H2,1H3. The van der Waals surface area contributed by atoms with Gasteiger partial charge in [-0.15, -0.1) is 0 Å². The summed E-state index contributed by atoms with van der Waals surface area (Å²) in [5.74, 6) is 1.00. The van der Waals surface area contributed by atoms with Gasteiger partial charge in [0.2, 0.25) is 5.76 Å². The third kappa shape index (κ3) is 3.06. The normalized spacial score (nSPS) is 15.9. The Morgan fingerprint density at radius 3 is 2.91 bits per heavy atom. The summed E-state index contributed by atoms with van der Waals surface area (Å²) in [7, 11) is 0. The van der Waals surface area contributed by atoms with E-state index >= 15 is 0 Å². The first-order valence-corrected chi connectivity index (χ1v) is 7.82. The average molecular weight is 303 g/mol. The molecule has 1 aliphatic heterocycles. The summed E-state index contributed by atoms with van der Waals surface area (Å²) in [5, 5.41) is 7.26. The molecule has 1 N–H and O–H groups in total. The lowest BCUT2D eigenvalue weighted by molar-refractivity contribution is 0.0632. The molecule has 6 nitrogen and oxygen atoms in total. The molecule has 1 saturated heterocycles. The number of nitrogens with zero attached hydrogens (tertiary/aromatic N) is 2. The van der Waals surface area contributed by atoms with E-state index in [-0.39, 0.29) is 11.9 Å². The van der Waals surface area contributed by atoms with Crippen LogP contribution in [-0.4, -0.2) is 41.6 Å². The SMILES string of the molecule is CCCN(C(=O)c1cc(-c2ccco2)on1)C1CCNCC1. The number of rotatable bonds is 5. The first-order chi connectivity index (χ1) is 10.8. The van der Waals surface area contributed by atoms with Gasteiger partial charge in [0, 0.05) is 18.7 Å². The number of amides is 1. The van der Waals surface area contributed by atoms with Gasteiger partial charge in [0.1, 0.15) is 0 Å². The molecule has 0 atom stereocenters. The van der Waals surface area contributed by atoms with Crippen LogP contribution in [0.1, 0.15) is 36.7 Å². The molecule has 1 aliphatic rings. The summed E-state index contributed by atoms with van der Waals surface area (Å²) in [6, 6.07) is 5.49. The number of aromatic nitrogens is 1. The molecular formula is C16H21N3O3. The van der Waals surface area contributed by atoms with Crippen LogP contribution in [0.2, 0.25) is 0 Å². The van der Waals surface area contributed by atoms with E-state index in [1.165, 1.54) is 0 Å². The van der Waals surface area contributed by atoms with E-state index in [4.69, 9.17) is 8.94 Å². The third-order valence-corrected chi connectivity index (χ3v) is 3.97. The Balaban J connectivity index is 1.77. The van der Waals surface area contributed by atoms with Gasteiger partial charge in [-0.3, -0.25) is 4.79 Å². The molecule has 2 aromatic rings. The van der Waals surface area contributed by atoms with E-state index in [1.807, 2.05) is 4.90 Å². The summed E-state index contributed by atoms with van der Waals surface area (Å²) in [6.07, 6.45) is 4.46. The molecule has 0 unspecified atom stereocenters. The van der Waals surface area contributed by atoms with Crippen molar-refractivity contribution in [2.45, 2.75) is 32.2 Å². The van der Waals surface area contributed by atoms with Crippen LogP contribution < -0.4 is 5.32 Å². The van der Waals surface area contributed by atoms with E-state index in [2.05, 4.69) is 17.4 Å². The molecule has 1 amide bonds. The minimum atomic E-state index is -0.0599.